The van der Waals surface area contributed by atoms with Crippen LogP contribution in [0.4, 0.5) is 0 Å². The molecule has 0 unspecified atom stereocenters. The van der Waals surface area contributed by atoms with Crippen molar-refractivity contribution in [3.63, 3.8) is 0 Å². The topological polar surface area (TPSA) is 93.1 Å². The molecule has 1 aliphatic rings. The third-order valence-corrected chi connectivity index (χ3v) is 6.25. The molecule has 1 aliphatic heterocycles. The first-order valence-corrected chi connectivity index (χ1v) is 9.42. The van der Waals surface area contributed by atoms with Gasteiger partial charge in [-0.1, -0.05) is 6.07 Å². The standard InChI is InChI=1S/C18H19NO6S/c1-12-11-25-17-9-13(18(20)21)3-4-14(17)10-19(12)26(22,23)16-7-5-15(24-2)6-8-16/h3-9,12H,10-11H2,1-2H3,(H,20,21)/t12-/m0/s1. The number of rotatable bonds is 4. The van der Waals surface area contributed by atoms with Crippen LogP contribution in [0.2, 0.25) is 0 Å². The van der Waals surface area contributed by atoms with Crippen LogP contribution in [0.1, 0.15) is 22.8 Å². The van der Waals surface area contributed by atoms with Crippen LogP contribution in [-0.4, -0.2) is 43.6 Å². The zero-order chi connectivity index (χ0) is 18.9. The molecule has 0 aliphatic carbocycles. The Morgan fingerprint density at radius 1 is 1.23 bits per heavy atom. The summed E-state index contributed by atoms with van der Waals surface area (Å²) in [5, 5.41) is 9.11. The Bertz CT molecular complexity index is 923. The highest BCUT2D eigenvalue weighted by Crippen LogP contribution is 2.30. The Hall–Kier alpha value is -2.58. The van der Waals surface area contributed by atoms with Gasteiger partial charge < -0.3 is 14.6 Å². The van der Waals surface area contributed by atoms with Crippen molar-refractivity contribution in [2.45, 2.75) is 24.4 Å². The third-order valence-electron chi connectivity index (χ3n) is 4.28. The molecule has 0 bridgehead atoms. The quantitative estimate of drug-likeness (QED) is 0.879. The summed E-state index contributed by atoms with van der Waals surface area (Å²) in [6.07, 6.45) is 0. The molecule has 0 radical (unpaired) electrons. The van der Waals surface area contributed by atoms with Crippen molar-refractivity contribution in [1.82, 2.24) is 4.31 Å². The van der Waals surface area contributed by atoms with Gasteiger partial charge >= 0.3 is 5.97 Å². The molecule has 0 fully saturated rings. The van der Waals surface area contributed by atoms with E-state index in [-0.39, 0.29) is 23.6 Å². The summed E-state index contributed by atoms with van der Waals surface area (Å²) < 4.78 is 38.2. The number of carbonyl (C=O) groups is 1. The highest BCUT2D eigenvalue weighted by molar-refractivity contribution is 7.89. The maximum atomic E-state index is 13.1. The van der Waals surface area contributed by atoms with Crippen molar-refractivity contribution in [2.24, 2.45) is 0 Å². The predicted octanol–water partition coefficient (Wildman–Crippen LogP) is 2.37. The third kappa shape index (κ3) is 3.38. The summed E-state index contributed by atoms with van der Waals surface area (Å²) in [6.45, 7) is 1.99. The average Bonchev–Trinajstić information content (AvgIpc) is 2.80. The monoisotopic (exact) mass is 377 g/mol. The van der Waals surface area contributed by atoms with Crippen molar-refractivity contribution in [2.75, 3.05) is 13.7 Å². The molecule has 0 saturated carbocycles. The number of carboxylic acids is 1. The maximum Gasteiger partial charge on any atom is 0.335 e. The Balaban J connectivity index is 1.96. The fourth-order valence-corrected chi connectivity index (χ4v) is 4.37. The average molecular weight is 377 g/mol. The summed E-state index contributed by atoms with van der Waals surface area (Å²) in [5.41, 5.74) is 0.722. The number of hydrogen-bond acceptors (Lipinski definition) is 5. The highest BCUT2D eigenvalue weighted by Gasteiger charge is 2.32. The van der Waals surface area contributed by atoms with Gasteiger partial charge in [0.15, 0.2) is 0 Å². The fourth-order valence-electron chi connectivity index (χ4n) is 2.77. The molecule has 0 amide bonds. The molecule has 3 rings (SSSR count). The molecule has 2 aromatic carbocycles. The molecular weight excluding hydrogens is 358 g/mol. The van der Waals surface area contributed by atoms with Crippen LogP contribution in [0.5, 0.6) is 11.5 Å². The second-order valence-corrected chi connectivity index (χ2v) is 7.90. The summed E-state index contributed by atoms with van der Waals surface area (Å²) >= 11 is 0. The van der Waals surface area contributed by atoms with E-state index >= 15 is 0 Å². The van der Waals surface area contributed by atoms with E-state index in [0.717, 1.165) is 0 Å². The predicted molar refractivity (Wildman–Crippen MR) is 94.1 cm³/mol. The van der Waals surface area contributed by atoms with E-state index in [9.17, 15) is 13.2 Å². The van der Waals surface area contributed by atoms with Gasteiger partial charge in [0.05, 0.1) is 23.6 Å². The lowest BCUT2D eigenvalue weighted by molar-refractivity contribution is 0.0696. The van der Waals surface area contributed by atoms with E-state index in [1.807, 2.05) is 0 Å². The largest absolute Gasteiger partial charge is 0.497 e. The van der Waals surface area contributed by atoms with E-state index in [2.05, 4.69) is 0 Å². The summed E-state index contributed by atoms with van der Waals surface area (Å²) in [4.78, 5) is 11.3. The first kappa shape index (κ1) is 18.2. The molecule has 7 nitrogen and oxygen atoms in total. The van der Waals surface area contributed by atoms with Crippen LogP contribution in [0.15, 0.2) is 47.4 Å². The summed E-state index contributed by atoms with van der Waals surface area (Å²) in [5.74, 6) is -0.0941. The first-order valence-electron chi connectivity index (χ1n) is 7.98. The number of aromatic carboxylic acids is 1. The molecule has 26 heavy (non-hydrogen) atoms. The lowest BCUT2D eigenvalue weighted by Crippen LogP contribution is -2.39. The normalized spacial score (nSPS) is 17.7. The lowest BCUT2D eigenvalue weighted by Gasteiger charge is -2.25. The van der Waals surface area contributed by atoms with Crippen LogP contribution in [0.3, 0.4) is 0 Å². The number of methoxy groups -OCH3 is 1. The van der Waals surface area contributed by atoms with Gasteiger partial charge in [0, 0.05) is 12.1 Å². The van der Waals surface area contributed by atoms with Gasteiger partial charge in [0.25, 0.3) is 0 Å². The lowest BCUT2D eigenvalue weighted by atomic mass is 10.1. The van der Waals surface area contributed by atoms with Crippen molar-refractivity contribution in [3.05, 3.63) is 53.6 Å². The van der Waals surface area contributed by atoms with Crippen molar-refractivity contribution < 1.29 is 27.8 Å². The Kier molecular flexibility index (Phi) is 4.88. The maximum absolute atomic E-state index is 13.1. The second kappa shape index (κ2) is 6.97. The number of fused-ring (bicyclic) bond motifs is 1. The minimum Gasteiger partial charge on any atom is -0.497 e. The Labute approximate surface area is 151 Å². The molecule has 1 heterocycles. The van der Waals surface area contributed by atoms with E-state index in [1.54, 1.807) is 25.1 Å². The SMILES string of the molecule is COc1ccc(S(=O)(=O)N2Cc3ccc(C(=O)O)cc3OC[C@@H]2C)cc1. The van der Waals surface area contributed by atoms with E-state index in [4.69, 9.17) is 14.6 Å². The summed E-state index contributed by atoms with van der Waals surface area (Å²) in [6, 6.07) is 10.2. The van der Waals surface area contributed by atoms with Crippen molar-refractivity contribution >= 4 is 16.0 Å². The molecule has 0 saturated heterocycles. The molecule has 2 aromatic rings. The Morgan fingerprint density at radius 3 is 2.54 bits per heavy atom. The van der Waals surface area contributed by atoms with Crippen LogP contribution >= 0.6 is 0 Å². The zero-order valence-electron chi connectivity index (χ0n) is 14.4. The minimum atomic E-state index is -3.75. The Morgan fingerprint density at radius 2 is 1.92 bits per heavy atom. The van der Waals surface area contributed by atoms with Gasteiger partial charge in [-0.05, 0) is 43.3 Å². The number of sulfonamides is 1. The van der Waals surface area contributed by atoms with Crippen molar-refractivity contribution in [3.8, 4) is 11.5 Å². The molecule has 0 aromatic heterocycles. The van der Waals surface area contributed by atoms with Gasteiger partial charge in [-0.25, -0.2) is 13.2 Å². The zero-order valence-corrected chi connectivity index (χ0v) is 15.2. The molecular formula is C18H19NO6S. The molecule has 1 atom stereocenters. The van der Waals surface area contributed by atoms with Crippen LogP contribution in [-0.2, 0) is 16.6 Å². The number of carboxylic acid groups (broad SMARTS) is 1. The van der Waals surface area contributed by atoms with Crippen molar-refractivity contribution in [1.29, 1.82) is 0 Å². The highest BCUT2D eigenvalue weighted by atomic mass is 32.2. The van der Waals surface area contributed by atoms with E-state index in [1.165, 1.54) is 35.7 Å². The van der Waals surface area contributed by atoms with Crippen LogP contribution < -0.4 is 9.47 Å². The molecule has 0 spiro atoms. The molecule has 1 N–H and O–H groups in total. The van der Waals surface area contributed by atoms with Crippen LogP contribution in [0.25, 0.3) is 0 Å². The minimum absolute atomic E-state index is 0.0999. The van der Waals surface area contributed by atoms with Gasteiger partial charge in [-0.15, -0.1) is 0 Å². The smallest absolute Gasteiger partial charge is 0.335 e. The number of nitrogens with zero attached hydrogens (tertiary/aromatic N) is 1. The number of ether oxygens (including phenoxy) is 2. The van der Waals surface area contributed by atoms with E-state index in [0.29, 0.717) is 17.1 Å². The van der Waals surface area contributed by atoms with Gasteiger partial charge in [0.2, 0.25) is 10.0 Å². The number of benzene rings is 2. The summed E-state index contributed by atoms with van der Waals surface area (Å²) in [7, 11) is -2.23. The number of hydrogen-bond donors (Lipinski definition) is 1. The van der Waals surface area contributed by atoms with Gasteiger partial charge in [0.1, 0.15) is 18.1 Å². The molecule has 138 valence electrons. The second-order valence-electron chi connectivity index (χ2n) is 6.01. The molecule has 8 heteroatoms. The van der Waals surface area contributed by atoms with E-state index < -0.39 is 22.0 Å². The fraction of sp³-hybridized carbons (Fsp3) is 0.278. The van der Waals surface area contributed by atoms with Gasteiger partial charge in [-0.2, -0.15) is 4.31 Å². The first-order chi connectivity index (χ1) is 12.3. The van der Waals surface area contributed by atoms with Gasteiger partial charge in [-0.3, -0.25) is 0 Å². The van der Waals surface area contributed by atoms with Crippen LogP contribution in [0, 0.1) is 0 Å².